The van der Waals surface area contributed by atoms with Crippen LogP contribution in [0.1, 0.15) is 92.5 Å². The molecule has 230 valence electrons. The Balaban J connectivity index is 1.04. The molecule has 1 aromatic heterocycles. The van der Waals surface area contributed by atoms with E-state index in [1.165, 1.54) is 0 Å². The molecule has 2 heterocycles. The van der Waals surface area contributed by atoms with Crippen molar-refractivity contribution < 1.29 is 19.5 Å². The van der Waals surface area contributed by atoms with Crippen LogP contribution in [0.3, 0.4) is 0 Å². The average molecular weight is 589 g/mol. The number of nitrogens with zero attached hydrogens (tertiary/aromatic N) is 3. The van der Waals surface area contributed by atoms with Gasteiger partial charge in [-0.25, -0.2) is 0 Å². The topological polar surface area (TPSA) is 129 Å². The lowest BCUT2D eigenvalue weighted by Crippen LogP contribution is -2.60. The fraction of sp³-hybridized carbons (Fsp3) is 0.636. The van der Waals surface area contributed by atoms with E-state index >= 15 is 0 Å². The van der Waals surface area contributed by atoms with Crippen LogP contribution in [0.25, 0.3) is 0 Å². The first kappa shape index (κ1) is 28.5. The van der Waals surface area contributed by atoms with Gasteiger partial charge in [-0.1, -0.05) is 6.07 Å². The van der Waals surface area contributed by atoms with E-state index in [0.717, 1.165) is 68.2 Å². The van der Waals surface area contributed by atoms with Gasteiger partial charge in [0.15, 0.2) is 0 Å². The molecule has 7 rings (SSSR count). The molecule has 0 radical (unpaired) electrons. The van der Waals surface area contributed by atoms with Crippen molar-refractivity contribution in [3.63, 3.8) is 0 Å². The van der Waals surface area contributed by atoms with Crippen LogP contribution in [0.5, 0.6) is 0 Å². The number of carbonyl (C=O) groups is 3. The van der Waals surface area contributed by atoms with Crippen LogP contribution in [-0.4, -0.2) is 68.8 Å². The summed E-state index contributed by atoms with van der Waals surface area (Å²) in [6, 6.07) is 6.91. The first-order chi connectivity index (χ1) is 20.8. The van der Waals surface area contributed by atoms with Gasteiger partial charge in [0.25, 0.3) is 5.91 Å². The summed E-state index contributed by atoms with van der Waals surface area (Å²) in [7, 11) is 0. The van der Waals surface area contributed by atoms with Gasteiger partial charge in [0.05, 0.1) is 18.2 Å². The Morgan fingerprint density at radius 1 is 0.930 bits per heavy atom. The molecule has 10 nitrogen and oxygen atoms in total. The number of aromatic nitrogens is 2. The molecule has 10 heteroatoms. The van der Waals surface area contributed by atoms with Gasteiger partial charge >= 0.3 is 0 Å². The molecule has 3 atom stereocenters. The van der Waals surface area contributed by atoms with Crippen LogP contribution < -0.4 is 16.0 Å². The Morgan fingerprint density at radius 3 is 2.26 bits per heavy atom. The molecular weight excluding hydrogens is 544 g/mol. The van der Waals surface area contributed by atoms with Crippen molar-refractivity contribution in [3.05, 3.63) is 47.3 Å². The van der Waals surface area contributed by atoms with Crippen LogP contribution in [0, 0.1) is 23.7 Å². The number of anilines is 1. The Labute approximate surface area is 253 Å². The molecule has 5 aliphatic rings. The zero-order valence-electron chi connectivity index (χ0n) is 25.2. The second-order valence-corrected chi connectivity index (χ2v) is 13.9. The highest BCUT2D eigenvalue weighted by molar-refractivity contribution is 6.01. The molecule has 1 aliphatic heterocycles. The molecule has 3 saturated carbocycles. The maximum absolute atomic E-state index is 13.9. The van der Waals surface area contributed by atoms with Gasteiger partial charge in [0.1, 0.15) is 11.7 Å². The summed E-state index contributed by atoms with van der Waals surface area (Å²) in [6.07, 6.45) is 9.53. The summed E-state index contributed by atoms with van der Waals surface area (Å²) in [5.41, 5.74) is 3.42. The lowest BCUT2D eigenvalue weighted by molar-refractivity contribution is -0.133. The summed E-state index contributed by atoms with van der Waals surface area (Å²) in [5, 5.41) is 23.6. The van der Waals surface area contributed by atoms with E-state index in [4.69, 9.17) is 0 Å². The standard InChI is InChI=1S/C33H44N6O4/c1-18(2)39-27(13-14-34-39)31(41)37-29(28(19-3-4-19)20-5-6-20)32(42)35-23-10-11-25-22(15-23)9-12-26(25)36-33(43)30(21-7-8-21)38-16-24(40)17-38/h10-11,13-15,18-21,24,26,28-30,40H,3-9,12,16-17H2,1-2H3,(H,35,42)(H,36,43)(H,37,41)/t26-,29+,30?/m1/s1. The summed E-state index contributed by atoms with van der Waals surface area (Å²) in [6.45, 7) is 5.12. The highest BCUT2D eigenvalue weighted by Gasteiger charge is 2.49. The van der Waals surface area contributed by atoms with Gasteiger partial charge in [0.2, 0.25) is 11.8 Å². The third-order valence-corrected chi connectivity index (χ3v) is 10.1. The number of aryl methyl sites for hydroxylation is 1. The predicted octanol–water partition coefficient (Wildman–Crippen LogP) is 3.20. The molecule has 1 unspecified atom stereocenters. The van der Waals surface area contributed by atoms with E-state index in [0.29, 0.717) is 36.5 Å². The van der Waals surface area contributed by atoms with Crippen molar-refractivity contribution in [3.8, 4) is 0 Å². The van der Waals surface area contributed by atoms with E-state index in [-0.39, 0.29) is 47.9 Å². The quantitative estimate of drug-likeness (QED) is 0.302. The van der Waals surface area contributed by atoms with Gasteiger partial charge in [0, 0.05) is 31.0 Å². The number of aliphatic hydroxyl groups is 1. The molecular formula is C33H44N6O4. The highest BCUT2D eigenvalue weighted by Crippen LogP contribution is 2.51. The molecule has 1 saturated heterocycles. The van der Waals surface area contributed by atoms with Crippen LogP contribution in [0.2, 0.25) is 0 Å². The highest BCUT2D eigenvalue weighted by atomic mass is 16.3. The number of rotatable bonds is 12. The van der Waals surface area contributed by atoms with Crippen molar-refractivity contribution >= 4 is 23.4 Å². The third-order valence-electron chi connectivity index (χ3n) is 10.1. The fourth-order valence-corrected chi connectivity index (χ4v) is 7.48. The van der Waals surface area contributed by atoms with E-state index in [9.17, 15) is 19.5 Å². The van der Waals surface area contributed by atoms with E-state index in [2.05, 4.69) is 25.9 Å². The number of hydrogen-bond donors (Lipinski definition) is 4. The fourth-order valence-electron chi connectivity index (χ4n) is 7.48. The zero-order chi connectivity index (χ0) is 29.8. The Bertz CT molecular complexity index is 1380. The first-order valence-corrected chi connectivity index (χ1v) is 16.3. The van der Waals surface area contributed by atoms with Gasteiger partial charge in [-0.05, 0) is 118 Å². The SMILES string of the molecule is CC(C)n1nccc1C(=O)N[C@H](C(=O)Nc1ccc2c(c1)CC[C@H]2NC(=O)C(C1CC1)N1CC(O)C1)C(C1CC1)C1CC1. The smallest absolute Gasteiger partial charge is 0.270 e. The van der Waals surface area contributed by atoms with Crippen LogP contribution in [0.4, 0.5) is 5.69 Å². The number of amides is 3. The van der Waals surface area contributed by atoms with Gasteiger partial charge < -0.3 is 21.1 Å². The van der Waals surface area contributed by atoms with Crippen molar-refractivity contribution in [1.29, 1.82) is 0 Å². The normalized spacial score (nSPS) is 23.5. The van der Waals surface area contributed by atoms with E-state index in [1.807, 2.05) is 32.0 Å². The zero-order valence-corrected chi connectivity index (χ0v) is 25.2. The summed E-state index contributed by atoms with van der Waals surface area (Å²) in [4.78, 5) is 42.7. The van der Waals surface area contributed by atoms with Crippen LogP contribution >= 0.6 is 0 Å². The number of nitrogens with one attached hydrogen (secondary N) is 3. The lowest BCUT2D eigenvalue weighted by Gasteiger charge is -2.41. The van der Waals surface area contributed by atoms with Crippen LogP contribution in [0.15, 0.2) is 30.5 Å². The summed E-state index contributed by atoms with van der Waals surface area (Å²) >= 11 is 0. The molecule has 2 aromatic rings. The van der Waals surface area contributed by atoms with Crippen molar-refractivity contribution in [2.24, 2.45) is 23.7 Å². The average Bonchev–Trinajstić information content (AvgIpc) is 3.87. The maximum atomic E-state index is 13.9. The summed E-state index contributed by atoms with van der Waals surface area (Å²) in [5.74, 6) is 1.11. The van der Waals surface area contributed by atoms with Gasteiger partial charge in [-0.15, -0.1) is 0 Å². The number of fused-ring (bicyclic) bond motifs is 1. The second kappa shape index (κ2) is 11.4. The lowest BCUT2D eigenvalue weighted by atomic mass is 9.88. The molecule has 0 spiro atoms. The molecule has 1 aromatic carbocycles. The minimum Gasteiger partial charge on any atom is -0.390 e. The van der Waals surface area contributed by atoms with Crippen molar-refractivity contribution in [1.82, 2.24) is 25.3 Å². The second-order valence-electron chi connectivity index (χ2n) is 13.9. The Kier molecular flexibility index (Phi) is 7.53. The minimum absolute atomic E-state index is 0.0360. The van der Waals surface area contributed by atoms with Crippen molar-refractivity contribution in [2.75, 3.05) is 18.4 Å². The number of benzene rings is 1. The predicted molar refractivity (Wildman–Crippen MR) is 161 cm³/mol. The number of hydrogen-bond acceptors (Lipinski definition) is 6. The molecule has 3 amide bonds. The van der Waals surface area contributed by atoms with Crippen molar-refractivity contribution in [2.45, 2.75) is 95.5 Å². The monoisotopic (exact) mass is 588 g/mol. The maximum Gasteiger partial charge on any atom is 0.270 e. The Morgan fingerprint density at radius 2 is 1.63 bits per heavy atom. The summed E-state index contributed by atoms with van der Waals surface area (Å²) < 4.78 is 1.70. The number of β-amino-alcohol motifs (C(OH)–C–C–N with tert-alkyl or cyclic N) is 1. The van der Waals surface area contributed by atoms with Crippen LogP contribution in [-0.2, 0) is 16.0 Å². The number of aliphatic hydroxyl groups excluding tert-OH is 1. The Hall–Kier alpha value is -3.24. The minimum atomic E-state index is -0.609. The van der Waals surface area contributed by atoms with Gasteiger partial charge in [-0.3, -0.25) is 24.0 Å². The first-order valence-electron chi connectivity index (χ1n) is 16.3. The molecule has 4 aliphatic carbocycles. The molecule has 0 bridgehead atoms. The molecule has 4 fully saturated rings. The largest absolute Gasteiger partial charge is 0.390 e. The third kappa shape index (κ3) is 5.96. The number of likely N-dealkylation sites (tertiary alicyclic amines) is 1. The molecule has 4 N–H and O–H groups in total. The molecule has 43 heavy (non-hydrogen) atoms. The van der Waals surface area contributed by atoms with E-state index in [1.54, 1.807) is 16.9 Å². The number of carbonyl (C=O) groups excluding carboxylic acids is 3. The van der Waals surface area contributed by atoms with Gasteiger partial charge in [-0.2, -0.15) is 5.10 Å². The van der Waals surface area contributed by atoms with E-state index < -0.39 is 6.04 Å².